The molecule has 134 valence electrons. The summed E-state index contributed by atoms with van der Waals surface area (Å²) in [4.78, 5) is 25.8. The summed E-state index contributed by atoms with van der Waals surface area (Å²) in [7, 11) is 0. The third-order valence-corrected chi connectivity index (χ3v) is 6.76. The van der Waals surface area contributed by atoms with Gasteiger partial charge in [0.1, 0.15) is 6.10 Å². The van der Waals surface area contributed by atoms with E-state index < -0.39 is 17.1 Å². The molecule has 0 aromatic carbocycles. The van der Waals surface area contributed by atoms with E-state index in [1.807, 2.05) is 20.8 Å². The van der Waals surface area contributed by atoms with E-state index in [0.29, 0.717) is 16.9 Å². The molecule has 4 rings (SSSR count). The lowest BCUT2D eigenvalue weighted by atomic mass is 9.53. The Morgan fingerprint density at radius 1 is 1.40 bits per heavy atom. The standard InChI is InChI=1S/C20H24O5/c1-6-10(2)18(22)24-17-14-11(3)9-23-15(14)16(21)20-13(25-20)8-7-12(4)19(17,20)5/h6,9,12-13,17H,7-8H2,1-5H3/b10-6-/t12-,13-,17+,19-,20+/m0/s1. The minimum atomic E-state index is -0.920. The number of carbonyl (C=O) groups is 2. The van der Waals surface area contributed by atoms with Gasteiger partial charge in [-0.3, -0.25) is 4.79 Å². The number of Topliss-reactive ketones (excluding diaryl/α,β-unsaturated/α-hetero) is 1. The first kappa shape index (κ1) is 16.6. The van der Waals surface area contributed by atoms with Gasteiger partial charge in [0, 0.05) is 11.1 Å². The van der Waals surface area contributed by atoms with E-state index in [4.69, 9.17) is 13.9 Å². The van der Waals surface area contributed by atoms with Gasteiger partial charge in [-0.05, 0) is 45.1 Å². The van der Waals surface area contributed by atoms with Crippen LogP contribution in [0.3, 0.4) is 0 Å². The van der Waals surface area contributed by atoms with Crippen LogP contribution in [0.1, 0.15) is 68.3 Å². The van der Waals surface area contributed by atoms with E-state index in [9.17, 15) is 9.59 Å². The van der Waals surface area contributed by atoms with Gasteiger partial charge in [0.2, 0.25) is 5.78 Å². The van der Waals surface area contributed by atoms with Gasteiger partial charge in [-0.15, -0.1) is 0 Å². The van der Waals surface area contributed by atoms with Crippen molar-refractivity contribution in [2.45, 2.75) is 65.3 Å². The largest absolute Gasteiger partial charge is 0.460 e. The number of rotatable bonds is 2. The van der Waals surface area contributed by atoms with Crippen molar-refractivity contribution < 1.29 is 23.5 Å². The van der Waals surface area contributed by atoms with Crippen molar-refractivity contribution in [3.8, 4) is 0 Å². The smallest absolute Gasteiger partial charge is 0.334 e. The van der Waals surface area contributed by atoms with Gasteiger partial charge in [-0.25, -0.2) is 4.79 Å². The molecule has 2 aliphatic carbocycles. The lowest BCUT2D eigenvalue weighted by Gasteiger charge is -2.49. The first-order valence-corrected chi connectivity index (χ1v) is 8.93. The minimum absolute atomic E-state index is 0.0929. The quantitative estimate of drug-likeness (QED) is 0.462. The molecule has 1 spiro atoms. The zero-order chi connectivity index (χ0) is 18.1. The van der Waals surface area contributed by atoms with Crippen molar-refractivity contribution in [2.24, 2.45) is 11.3 Å². The van der Waals surface area contributed by atoms with Gasteiger partial charge in [0.05, 0.1) is 17.8 Å². The zero-order valence-corrected chi connectivity index (χ0v) is 15.3. The van der Waals surface area contributed by atoms with E-state index >= 15 is 0 Å². The number of esters is 1. The summed E-state index contributed by atoms with van der Waals surface area (Å²) in [5.74, 6) is 0.0216. The predicted molar refractivity (Wildman–Crippen MR) is 90.1 cm³/mol. The van der Waals surface area contributed by atoms with Crippen molar-refractivity contribution in [1.29, 1.82) is 0 Å². The maximum Gasteiger partial charge on any atom is 0.334 e. The molecule has 1 aromatic heterocycles. The Kier molecular flexibility index (Phi) is 3.36. The summed E-state index contributed by atoms with van der Waals surface area (Å²) in [6.07, 6.45) is 4.44. The summed E-state index contributed by atoms with van der Waals surface area (Å²) in [5.41, 5.74) is 0.576. The SMILES string of the molecule is C/C=C(/C)C(=O)O[C@@H]1c2c(C)coc2C(=O)[C@]23O[C@H]2CC[C@H](C)[C@@]13C. The number of carbonyl (C=O) groups excluding carboxylic acids is 2. The molecule has 1 saturated carbocycles. The molecule has 1 aliphatic heterocycles. The van der Waals surface area contributed by atoms with E-state index in [0.717, 1.165) is 18.4 Å². The highest BCUT2D eigenvalue weighted by molar-refractivity contribution is 6.06. The fourth-order valence-electron chi connectivity index (χ4n) is 4.81. The van der Waals surface area contributed by atoms with E-state index in [1.54, 1.807) is 19.3 Å². The fraction of sp³-hybridized carbons (Fsp3) is 0.600. The highest BCUT2D eigenvalue weighted by Crippen LogP contribution is 2.69. The van der Waals surface area contributed by atoms with Crippen molar-refractivity contribution in [1.82, 2.24) is 0 Å². The van der Waals surface area contributed by atoms with Gasteiger partial charge in [0.25, 0.3) is 0 Å². The first-order valence-electron chi connectivity index (χ1n) is 8.93. The second-order valence-electron chi connectivity index (χ2n) is 7.85. The second kappa shape index (κ2) is 5.07. The van der Waals surface area contributed by atoms with Crippen molar-refractivity contribution in [3.05, 3.63) is 34.8 Å². The van der Waals surface area contributed by atoms with Crippen LogP contribution in [0.15, 0.2) is 22.3 Å². The van der Waals surface area contributed by atoms with Crippen LogP contribution in [0.4, 0.5) is 0 Å². The minimum Gasteiger partial charge on any atom is -0.460 e. The molecular weight excluding hydrogens is 320 g/mol. The second-order valence-corrected chi connectivity index (χ2v) is 7.85. The van der Waals surface area contributed by atoms with E-state index in [2.05, 4.69) is 6.92 Å². The van der Waals surface area contributed by atoms with Crippen molar-refractivity contribution in [3.63, 3.8) is 0 Å². The summed E-state index contributed by atoms with van der Waals surface area (Å²) in [5, 5.41) is 0. The molecule has 0 amide bonds. The van der Waals surface area contributed by atoms with Crippen LogP contribution < -0.4 is 0 Å². The molecule has 0 unspecified atom stereocenters. The van der Waals surface area contributed by atoms with Crippen molar-refractivity contribution in [2.75, 3.05) is 0 Å². The van der Waals surface area contributed by atoms with Gasteiger partial charge in [-0.2, -0.15) is 0 Å². The number of furan rings is 1. The summed E-state index contributed by atoms with van der Waals surface area (Å²) < 4.78 is 17.6. The summed E-state index contributed by atoms with van der Waals surface area (Å²) >= 11 is 0. The Morgan fingerprint density at radius 2 is 2.12 bits per heavy atom. The summed E-state index contributed by atoms with van der Waals surface area (Å²) in [6, 6.07) is 0. The molecule has 3 aliphatic rings. The number of epoxide rings is 1. The highest BCUT2D eigenvalue weighted by atomic mass is 16.6. The Balaban J connectivity index is 1.90. The van der Waals surface area contributed by atoms with Crippen LogP contribution in [0.5, 0.6) is 0 Å². The lowest BCUT2D eigenvalue weighted by Crippen LogP contribution is -2.57. The first-order chi connectivity index (χ1) is 11.8. The Morgan fingerprint density at radius 3 is 2.80 bits per heavy atom. The Hall–Kier alpha value is -1.88. The molecule has 5 atom stereocenters. The number of hydrogen-bond acceptors (Lipinski definition) is 5. The molecule has 0 bridgehead atoms. The predicted octanol–water partition coefficient (Wildman–Crippen LogP) is 3.91. The number of hydrogen-bond donors (Lipinski definition) is 0. The molecule has 1 saturated heterocycles. The van der Waals surface area contributed by atoms with Crippen LogP contribution in [0.25, 0.3) is 0 Å². The van der Waals surface area contributed by atoms with Gasteiger partial charge >= 0.3 is 5.97 Å². The van der Waals surface area contributed by atoms with Crippen LogP contribution in [-0.2, 0) is 14.3 Å². The van der Waals surface area contributed by atoms with Gasteiger partial charge in [-0.1, -0.05) is 19.9 Å². The van der Waals surface area contributed by atoms with E-state index in [1.165, 1.54) is 0 Å². The van der Waals surface area contributed by atoms with Gasteiger partial charge < -0.3 is 13.9 Å². The number of allylic oxidation sites excluding steroid dienone is 1. The van der Waals surface area contributed by atoms with Gasteiger partial charge in [0.15, 0.2) is 11.4 Å². The third kappa shape index (κ3) is 1.82. The topological polar surface area (TPSA) is 69.0 Å². The average molecular weight is 344 g/mol. The summed E-state index contributed by atoms with van der Waals surface area (Å²) in [6.45, 7) is 9.59. The number of ketones is 1. The third-order valence-electron chi connectivity index (χ3n) is 6.76. The monoisotopic (exact) mass is 344 g/mol. The Bertz CT molecular complexity index is 803. The van der Waals surface area contributed by atoms with Crippen LogP contribution in [-0.4, -0.2) is 23.5 Å². The molecule has 2 heterocycles. The molecule has 2 fully saturated rings. The molecule has 1 aromatic rings. The van der Waals surface area contributed by atoms with Crippen molar-refractivity contribution >= 4 is 11.8 Å². The molecule has 25 heavy (non-hydrogen) atoms. The number of aryl methyl sites for hydroxylation is 1. The number of ether oxygens (including phenoxy) is 2. The lowest BCUT2D eigenvalue weighted by molar-refractivity contribution is -0.161. The molecule has 5 nitrogen and oxygen atoms in total. The average Bonchev–Trinajstić information content (AvgIpc) is 3.23. The Labute approximate surface area is 147 Å². The number of fused-ring (bicyclic) bond motifs is 1. The van der Waals surface area contributed by atoms with Crippen LogP contribution in [0, 0.1) is 18.3 Å². The maximum absolute atomic E-state index is 13.2. The zero-order valence-electron chi connectivity index (χ0n) is 15.3. The normalized spacial score (nSPS) is 39.3. The molecular formula is C20H24O5. The van der Waals surface area contributed by atoms with Crippen LogP contribution in [0.2, 0.25) is 0 Å². The molecule has 0 N–H and O–H groups in total. The molecule has 5 heteroatoms. The van der Waals surface area contributed by atoms with E-state index in [-0.39, 0.29) is 23.8 Å². The van der Waals surface area contributed by atoms with Crippen LogP contribution >= 0.6 is 0 Å². The highest BCUT2D eigenvalue weighted by Gasteiger charge is 2.80. The maximum atomic E-state index is 13.2. The fourth-order valence-corrected chi connectivity index (χ4v) is 4.81. The molecule has 0 radical (unpaired) electrons.